The lowest BCUT2D eigenvalue weighted by Gasteiger charge is -2.20. The van der Waals surface area contributed by atoms with Gasteiger partial charge in [-0.3, -0.25) is 14.6 Å². The molecule has 2 aromatic rings. The second-order valence-corrected chi connectivity index (χ2v) is 5.72. The third kappa shape index (κ3) is 5.53. The molecule has 0 fully saturated rings. The highest BCUT2D eigenvalue weighted by atomic mass is 16.2. The summed E-state index contributed by atoms with van der Waals surface area (Å²) in [6.45, 7) is 7.59. The summed E-state index contributed by atoms with van der Waals surface area (Å²) in [5.74, 6) is -0.619. The van der Waals surface area contributed by atoms with Crippen LogP contribution in [0.3, 0.4) is 0 Å². The number of hydrogen-bond donors (Lipinski definition) is 4. The molecule has 2 rings (SSSR count). The van der Waals surface area contributed by atoms with Crippen LogP contribution in [0.2, 0.25) is 0 Å². The van der Waals surface area contributed by atoms with Gasteiger partial charge in [0.2, 0.25) is 5.82 Å². The van der Waals surface area contributed by atoms with Crippen LogP contribution >= 0.6 is 0 Å². The Hall–Kier alpha value is -3.43. The molecule has 1 amide bonds. The number of benzene rings is 1. The fraction of sp³-hybridized carbons (Fsp3) is 0.353. The molecule has 10 nitrogen and oxygen atoms in total. The normalized spacial score (nSPS) is 12.0. The van der Waals surface area contributed by atoms with Crippen LogP contribution in [0.1, 0.15) is 26.3 Å². The van der Waals surface area contributed by atoms with Crippen molar-refractivity contribution >= 4 is 23.6 Å². The molecule has 4 N–H and O–H groups in total. The number of rotatable bonds is 8. The Bertz CT molecular complexity index is 898. The van der Waals surface area contributed by atoms with E-state index < -0.39 is 23.2 Å². The molecular formula is C17H23N7O3. The molecule has 1 aromatic heterocycles. The zero-order valence-corrected chi connectivity index (χ0v) is 15.4. The van der Waals surface area contributed by atoms with Gasteiger partial charge in [-0.15, -0.1) is 5.10 Å². The van der Waals surface area contributed by atoms with Gasteiger partial charge in [0.25, 0.3) is 11.5 Å². The first kappa shape index (κ1) is 19.9. The highest BCUT2D eigenvalue weighted by molar-refractivity contribution is 5.86. The van der Waals surface area contributed by atoms with Crippen LogP contribution in [-0.4, -0.2) is 46.4 Å². The molecule has 144 valence electrons. The van der Waals surface area contributed by atoms with Crippen LogP contribution in [-0.2, 0) is 4.79 Å². The van der Waals surface area contributed by atoms with Crippen LogP contribution < -0.4 is 26.9 Å². The lowest BCUT2D eigenvalue weighted by atomic mass is 10.2. The lowest BCUT2D eigenvalue weighted by Crippen LogP contribution is -2.38. The van der Waals surface area contributed by atoms with Crippen LogP contribution in [0.4, 0.5) is 11.5 Å². The summed E-state index contributed by atoms with van der Waals surface area (Å²) in [7, 11) is 0. The second-order valence-electron chi connectivity index (χ2n) is 5.72. The summed E-state index contributed by atoms with van der Waals surface area (Å²) in [6, 6.07) is 7.03. The third-order valence-corrected chi connectivity index (χ3v) is 3.87. The van der Waals surface area contributed by atoms with Gasteiger partial charge in [-0.05, 0) is 38.5 Å². The highest BCUT2D eigenvalue weighted by Crippen LogP contribution is 2.13. The van der Waals surface area contributed by atoms with E-state index in [2.05, 4.69) is 44.8 Å². The summed E-state index contributed by atoms with van der Waals surface area (Å²) >= 11 is 0. The van der Waals surface area contributed by atoms with Gasteiger partial charge in [0, 0.05) is 18.8 Å². The Labute approximate surface area is 155 Å². The zero-order valence-electron chi connectivity index (χ0n) is 15.4. The fourth-order valence-corrected chi connectivity index (χ4v) is 2.34. The van der Waals surface area contributed by atoms with E-state index >= 15 is 0 Å². The van der Waals surface area contributed by atoms with Crippen molar-refractivity contribution in [1.29, 1.82) is 0 Å². The first-order valence-corrected chi connectivity index (χ1v) is 8.58. The van der Waals surface area contributed by atoms with Crippen molar-refractivity contribution in [1.82, 2.24) is 20.6 Å². The van der Waals surface area contributed by atoms with Gasteiger partial charge in [-0.25, -0.2) is 15.3 Å². The molecule has 27 heavy (non-hydrogen) atoms. The maximum absolute atomic E-state index is 12.0. The molecule has 0 spiro atoms. The number of carbonyl (C=O) groups excluding carboxylic acids is 1. The predicted molar refractivity (Wildman–Crippen MR) is 104 cm³/mol. The molecule has 0 bridgehead atoms. The van der Waals surface area contributed by atoms with E-state index in [4.69, 9.17) is 0 Å². The number of aromatic amines is 2. The summed E-state index contributed by atoms with van der Waals surface area (Å²) in [6.07, 6.45) is 1.53. The smallest absolute Gasteiger partial charge is 0.342 e. The Morgan fingerprint density at radius 2 is 1.93 bits per heavy atom. The highest BCUT2D eigenvalue weighted by Gasteiger charge is 2.14. The van der Waals surface area contributed by atoms with Crippen molar-refractivity contribution in [3.63, 3.8) is 0 Å². The van der Waals surface area contributed by atoms with Crippen LogP contribution in [0.5, 0.6) is 0 Å². The van der Waals surface area contributed by atoms with Gasteiger partial charge in [0.05, 0.1) is 6.21 Å². The monoisotopic (exact) mass is 373 g/mol. The standard InChI is InChI=1S/C17H23N7O3/c1-4-24(5-2)13-8-6-12(7-9-13)10-18-22-15(25)11(3)19-14-16(26)20-17(27)23-21-14/h6-11H,4-5H2,1-3H3,(H,19,21)(H,22,25)(H2,20,23,26,27). The predicted octanol–water partition coefficient (Wildman–Crippen LogP) is 0.255. The maximum Gasteiger partial charge on any atom is 0.342 e. The second kappa shape index (κ2) is 9.32. The topological polar surface area (TPSA) is 135 Å². The first-order chi connectivity index (χ1) is 12.9. The fourth-order valence-electron chi connectivity index (χ4n) is 2.34. The summed E-state index contributed by atoms with van der Waals surface area (Å²) in [4.78, 5) is 38.7. The summed E-state index contributed by atoms with van der Waals surface area (Å²) in [5.41, 5.74) is 2.91. The van der Waals surface area contributed by atoms with Crippen molar-refractivity contribution in [3.05, 3.63) is 50.7 Å². The average molecular weight is 373 g/mol. The molecule has 1 unspecified atom stereocenters. The minimum atomic E-state index is -0.785. The molecule has 0 aliphatic carbocycles. The average Bonchev–Trinajstić information content (AvgIpc) is 2.66. The van der Waals surface area contributed by atoms with Gasteiger partial charge in [-0.1, -0.05) is 12.1 Å². The third-order valence-electron chi connectivity index (χ3n) is 3.87. The van der Waals surface area contributed by atoms with Crippen LogP contribution in [0, 0.1) is 0 Å². The van der Waals surface area contributed by atoms with E-state index in [1.165, 1.54) is 13.1 Å². The van der Waals surface area contributed by atoms with Crippen molar-refractivity contribution < 1.29 is 4.79 Å². The van der Waals surface area contributed by atoms with E-state index in [0.717, 1.165) is 24.3 Å². The molecule has 0 aliphatic rings. The minimum Gasteiger partial charge on any atom is -0.372 e. The number of aromatic nitrogens is 3. The molecule has 1 aromatic carbocycles. The molecule has 0 saturated heterocycles. The number of nitrogens with one attached hydrogen (secondary N) is 4. The van der Waals surface area contributed by atoms with E-state index in [1.807, 2.05) is 29.2 Å². The van der Waals surface area contributed by atoms with Crippen molar-refractivity contribution in [2.45, 2.75) is 26.8 Å². The zero-order chi connectivity index (χ0) is 19.8. The number of carbonyl (C=O) groups is 1. The van der Waals surface area contributed by atoms with Gasteiger partial charge in [0.15, 0.2) is 0 Å². The molecule has 1 heterocycles. The molecular weight excluding hydrogens is 350 g/mol. The van der Waals surface area contributed by atoms with Crippen LogP contribution in [0.15, 0.2) is 39.0 Å². The molecule has 0 saturated carbocycles. The Kier molecular flexibility index (Phi) is 6.86. The maximum atomic E-state index is 12.0. The van der Waals surface area contributed by atoms with Crippen molar-refractivity contribution in [3.8, 4) is 0 Å². The summed E-state index contributed by atoms with van der Waals surface area (Å²) in [5, 5.41) is 12.1. The SMILES string of the molecule is CCN(CC)c1ccc(C=NNC(=O)C(C)Nc2n[nH]c(=O)[nH]c2=O)cc1. The van der Waals surface area contributed by atoms with Crippen molar-refractivity contribution in [2.24, 2.45) is 5.10 Å². The van der Waals surface area contributed by atoms with E-state index in [-0.39, 0.29) is 5.82 Å². The van der Waals surface area contributed by atoms with E-state index in [1.54, 1.807) is 0 Å². The van der Waals surface area contributed by atoms with Gasteiger partial charge in [-0.2, -0.15) is 5.10 Å². The number of hydrazone groups is 1. The number of H-pyrrole nitrogens is 2. The number of nitrogens with zero attached hydrogens (tertiary/aromatic N) is 3. The molecule has 1 atom stereocenters. The van der Waals surface area contributed by atoms with Gasteiger partial charge in [0.1, 0.15) is 6.04 Å². The molecule has 0 aliphatic heterocycles. The number of amides is 1. The largest absolute Gasteiger partial charge is 0.372 e. The van der Waals surface area contributed by atoms with Crippen molar-refractivity contribution in [2.75, 3.05) is 23.3 Å². The van der Waals surface area contributed by atoms with E-state index in [0.29, 0.717) is 0 Å². The van der Waals surface area contributed by atoms with E-state index in [9.17, 15) is 14.4 Å². The number of anilines is 2. The van der Waals surface area contributed by atoms with Gasteiger partial charge < -0.3 is 10.2 Å². The Morgan fingerprint density at radius 1 is 1.26 bits per heavy atom. The quantitative estimate of drug-likeness (QED) is 0.387. The molecule has 0 radical (unpaired) electrons. The lowest BCUT2D eigenvalue weighted by molar-refractivity contribution is -0.121. The first-order valence-electron chi connectivity index (χ1n) is 8.58. The molecule has 10 heteroatoms. The van der Waals surface area contributed by atoms with Crippen LogP contribution in [0.25, 0.3) is 0 Å². The number of hydrogen-bond acceptors (Lipinski definition) is 7. The minimum absolute atomic E-state index is 0.159. The van der Waals surface area contributed by atoms with Gasteiger partial charge >= 0.3 is 5.69 Å². The summed E-state index contributed by atoms with van der Waals surface area (Å²) < 4.78 is 0. The Morgan fingerprint density at radius 3 is 2.52 bits per heavy atom. The Balaban J connectivity index is 1.92.